The minimum absolute atomic E-state index is 0.0572. The van der Waals surface area contributed by atoms with Gasteiger partial charge < -0.3 is 26.4 Å². The van der Waals surface area contributed by atoms with Crippen molar-refractivity contribution in [3.8, 4) is 0 Å². The molecular weight excluding hydrogens is 502 g/mol. The zero-order valence-electron chi connectivity index (χ0n) is 21.4. The van der Waals surface area contributed by atoms with E-state index >= 15 is 0 Å². The number of hydrogen-bond acceptors (Lipinski definition) is 7. The maximum atomic E-state index is 13.2. The summed E-state index contributed by atoms with van der Waals surface area (Å²) in [4.78, 5) is 50.6. The first-order valence-electron chi connectivity index (χ1n) is 12.7. The maximum Gasteiger partial charge on any atom is 0.269 e. The molecule has 4 rings (SSSR count). The molecule has 3 aromatic rings. The molecular formula is C28H31N5O6. The minimum Gasteiger partial charge on any atom is -0.391 e. The van der Waals surface area contributed by atoms with Gasteiger partial charge in [0.05, 0.1) is 23.6 Å². The molecule has 4 atom stereocenters. The number of amides is 3. The third kappa shape index (κ3) is 6.75. The van der Waals surface area contributed by atoms with Gasteiger partial charge in [0.15, 0.2) is 0 Å². The van der Waals surface area contributed by atoms with E-state index in [0.29, 0.717) is 11.1 Å². The molecule has 1 saturated heterocycles. The lowest BCUT2D eigenvalue weighted by Gasteiger charge is -2.28. The van der Waals surface area contributed by atoms with Crippen molar-refractivity contribution in [2.45, 2.75) is 44.0 Å². The van der Waals surface area contributed by atoms with Gasteiger partial charge in [-0.3, -0.25) is 24.5 Å². The molecule has 5 N–H and O–H groups in total. The number of benzene rings is 3. The maximum absolute atomic E-state index is 13.2. The summed E-state index contributed by atoms with van der Waals surface area (Å²) in [6, 6.07) is 16.8. The van der Waals surface area contributed by atoms with Crippen molar-refractivity contribution in [1.29, 1.82) is 0 Å². The van der Waals surface area contributed by atoms with Crippen molar-refractivity contribution in [3.05, 3.63) is 88.0 Å². The molecule has 0 radical (unpaired) electrons. The number of hydrogen-bond donors (Lipinski definition) is 4. The molecule has 1 aliphatic heterocycles. The van der Waals surface area contributed by atoms with E-state index in [-0.39, 0.29) is 31.6 Å². The Morgan fingerprint density at radius 1 is 1.10 bits per heavy atom. The van der Waals surface area contributed by atoms with Gasteiger partial charge >= 0.3 is 0 Å². The Morgan fingerprint density at radius 3 is 2.46 bits per heavy atom. The van der Waals surface area contributed by atoms with Crippen LogP contribution in [0.1, 0.15) is 29.3 Å². The monoisotopic (exact) mass is 533 g/mol. The van der Waals surface area contributed by atoms with Gasteiger partial charge in [-0.25, -0.2) is 0 Å². The Balaban J connectivity index is 1.37. The fraction of sp³-hybridized carbons (Fsp3) is 0.321. The molecule has 1 heterocycles. The lowest BCUT2D eigenvalue weighted by atomic mass is 10.0. The van der Waals surface area contributed by atoms with Crippen LogP contribution in [0, 0.1) is 10.1 Å². The molecule has 0 saturated carbocycles. The lowest BCUT2D eigenvalue weighted by Crippen LogP contribution is -2.53. The van der Waals surface area contributed by atoms with Crippen molar-refractivity contribution >= 4 is 34.2 Å². The number of rotatable bonds is 9. The first-order chi connectivity index (χ1) is 18.6. The van der Waals surface area contributed by atoms with Crippen LogP contribution in [0.15, 0.2) is 66.7 Å². The largest absolute Gasteiger partial charge is 0.391 e. The third-order valence-corrected chi connectivity index (χ3v) is 6.88. The van der Waals surface area contributed by atoms with E-state index < -0.39 is 46.9 Å². The molecule has 204 valence electrons. The second-order valence-electron chi connectivity index (χ2n) is 9.79. The highest BCUT2D eigenvalue weighted by Gasteiger charge is 2.39. The number of nitrogens with one attached hydrogen (secondary N) is 2. The van der Waals surface area contributed by atoms with Gasteiger partial charge in [0.2, 0.25) is 11.8 Å². The molecule has 0 aromatic heterocycles. The fourth-order valence-corrected chi connectivity index (χ4v) is 4.71. The van der Waals surface area contributed by atoms with E-state index in [1.807, 2.05) is 30.3 Å². The quantitative estimate of drug-likeness (QED) is 0.239. The number of likely N-dealkylation sites (tertiary alicyclic amines) is 1. The lowest BCUT2D eigenvalue weighted by molar-refractivity contribution is -0.384. The number of fused-ring (bicyclic) bond motifs is 1. The van der Waals surface area contributed by atoms with Crippen LogP contribution in [0.4, 0.5) is 5.69 Å². The van der Waals surface area contributed by atoms with Gasteiger partial charge in [0.1, 0.15) is 6.04 Å². The molecule has 39 heavy (non-hydrogen) atoms. The van der Waals surface area contributed by atoms with E-state index in [4.69, 9.17) is 5.73 Å². The van der Waals surface area contributed by atoms with Crippen LogP contribution >= 0.6 is 0 Å². The van der Waals surface area contributed by atoms with Gasteiger partial charge in [-0.2, -0.15) is 0 Å². The van der Waals surface area contributed by atoms with E-state index in [9.17, 15) is 29.6 Å². The molecule has 4 unspecified atom stereocenters. The number of carbonyl (C=O) groups is 3. The number of aliphatic hydroxyl groups excluding tert-OH is 1. The Kier molecular flexibility index (Phi) is 8.52. The van der Waals surface area contributed by atoms with Crippen LogP contribution in [-0.2, 0) is 16.0 Å². The summed E-state index contributed by atoms with van der Waals surface area (Å²) in [7, 11) is 0. The number of nitro groups is 1. The topological polar surface area (TPSA) is 168 Å². The molecule has 3 amide bonds. The van der Waals surface area contributed by atoms with Crippen molar-refractivity contribution in [1.82, 2.24) is 15.5 Å². The first-order valence-corrected chi connectivity index (χ1v) is 12.7. The Labute approximate surface area is 225 Å². The van der Waals surface area contributed by atoms with Gasteiger partial charge in [-0.15, -0.1) is 0 Å². The molecule has 1 fully saturated rings. The predicted molar refractivity (Wildman–Crippen MR) is 145 cm³/mol. The molecule has 11 heteroatoms. The van der Waals surface area contributed by atoms with Crippen molar-refractivity contribution in [3.63, 3.8) is 0 Å². The standard InChI is InChI=1S/C28H31N5O6/c1-17(34)24(12-18-6-10-23(11-7-18)33(38)39)31-28(37)25-14-22(29)16-32(25)26(35)15-30-27(36)21-9-8-19-4-2-3-5-20(19)13-21/h2-11,13,17,22,24-25,34H,12,14-16,29H2,1H3,(H,30,36)(H,31,37). The van der Waals surface area contributed by atoms with Gasteiger partial charge in [0, 0.05) is 30.3 Å². The van der Waals surface area contributed by atoms with E-state index in [0.717, 1.165) is 10.8 Å². The summed E-state index contributed by atoms with van der Waals surface area (Å²) in [5.74, 6) is -1.32. The summed E-state index contributed by atoms with van der Waals surface area (Å²) in [6.45, 7) is 1.39. The van der Waals surface area contributed by atoms with Gasteiger partial charge in [-0.1, -0.05) is 42.5 Å². The number of nitrogens with zero attached hydrogens (tertiary/aromatic N) is 2. The number of carbonyl (C=O) groups excluding carboxylic acids is 3. The Bertz CT molecular complexity index is 1380. The summed E-state index contributed by atoms with van der Waals surface area (Å²) < 4.78 is 0. The molecule has 0 aliphatic carbocycles. The smallest absolute Gasteiger partial charge is 0.269 e. The van der Waals surface area contributed by atoms with E-state index in [1.165, 1.54) is 24.0 Å². The highest BCUT2D eigenvalue weighted by molar-refractivity contribution is 6.00. The zero-order chi connectivity index (χ0) is 28.1. The number of non-ortho nitro benzene ring substituents is 1. The van der Waals surface area contributed by atoms with Crippen molar-refractivity contribution in [2.75, 3.05) is 13.1 Å². The summed E-state index contributed by atoms with van der Waals surface area (Å²) in [6.07, 6.45) is -0.458. The van der Waals surface area contributed by atoms with E-state index in [2.05, 4.69) is 10.6 Å². The SMILES string of the molecule is CC(O)C(Cc1ccc([N+](=O)[O-])cc1)NC(=O)C1CC(N)CN1C(=O)CNC(=O)c1ccc2ccccc2c1. The zero-order valence-corrected chi connectivity index (χ0v) is 21.4. The van der Waals surface area contributed by atoms with Crippen LogP contribution in [0.2, 0.25) is 0 Å². The van der Waals surface area contributed by atoms with Crippen LogP contribution in [0.5, 0.6) is 0 Å². The summed E-state index contributed by atoms with van der Waals surface area (Å²) >= 11 is 0. The number of aliphatic hydroxyl groups is 1. The Hall–Kier alpha value is -4.35. The molecule has 11 nitrogen and oxygen atoms in total. The predicted octanol–water partition coefficient (Wildman–Crippen LogP) is 1.51. The number of nitrogens with two attached hydrogens (primary N) is 1. The van der Waals surface area contributed by atoms with Gasteiger partial charge in [-0.05, 0) is 48.2 Å². The Morgan fingerprint density at radius 2 is 1.79 bits per heavy atom. The van der Waals surface area contributed by atoms with Crippen molar-refractivity contribution < 1.29 is 24.4 Å². The van der Waals surface area contributed by atoms with Crippen LogP contribution in [0.3, 0.4) is 0 Å². The minimum atomic E-state index is -0.926. The molecule has 1 aliphatic rings. The molecule has 0 spiro atoms. The average Bonchev–Trinajstić information content (AvgIpc) is 3.33. The van der Waals surface area contributed by atoms with Gasteiger partial charge in [0.25, 0.3) is 11.6 Å². The number of nitro benzene ring substituents is 1. The van der Waals surface area contributed by atoms with Crippen molar-refractivity contribution in [2.24, 2.45) is 5.73 Å². The fourth-order valence-electron chi connectivity index (χ4n) is 4.71. The normalized spacial score (nSPS) is 18.4. The summed E-state index contributed by atoms with van der Waals surface area (Å²) in [5.41, 5.74) is 7.13. The third-order valence-electron chi connectivity index (χ3n) is 6.88. The van der Waals surface area contributed by atoms with Crippen LogP contribution < -0.4 is 16.4 Å². The molecule has 3 aromatic carbocycles. The summed E-state index contributed by atoms with van der Waals surface area (Å²) in [5, 5.41) is 28.5. The molecule has 0 bridgehead atoms. The second-order valence-corrected chi connectivity index (χ2v) is 9.79. The first kappa shape index (κ1) is 27.7. The second kappa shape index (κ2) is 12.0. The average molecular weight is 534 g/mol. The van der Waals surface area contributed by atoms with Crippen LogP contribution in [0.25, 0.3) is 10.8 Å². The highest BCUT2D eigenvalue weighted by atomic mass is 16.6. The highest BCUT2D eigenvalue weighted by Crippen LogP contribution is 2.19. The van der Waals surface area contributed by atoms with Crippen LogP contribution in [-0.4, -0.2) is 70.0 Å². The van der Waals surface area contributed by atoms with E-state index in [1.54, 1.807) is 24.3 Å².